The molecule has 1 aliphatic rings. The number of nitro groups is 1. The highest BCUT2D eigenvalue weighted by molar-refractivity contribution is 7.99. The molecule has 0 spiro atoms. The molecule has 12 nitrogen and oxygen atoms in total. The van der Waals surface area contributed by atoms with Gasteiger partial charge in [-0.1, -0.05) is 66.2 Å². The van der Waals surface area contributed by atoms with Crippen molar-refractivity contribution in [3.63, 3.8) is 0 Å². The van der Waals surface area contributed by atoms with E-state index >= 15 is 0 Å². The van der Waals surface area contributed by atoms with Crippen LogP contribution in [0.3, 0.4) is 0 Å². The average molecular weight is 837 g/mol. The van der Waals surface area contributed by atoms with Gasteiger partial charge < -0.3 is 15.1 Å². The normalized spacial score (nSPS) is 14.1. The lowest BCUT2D eigenvalue weighted by Gasteiger charge is -2.36. The van der Waals surface area contributed by atoms with Crippen molar-refractivity contribution in [2.45, 2.75) is 28.8 Å². The summed E-state index contributed by atoms with van der Waals surface area (Å²) in [6, 6.07) is 35.9. The van der Waals surface area contributed by atoms with Crippen molar-refractivity contribution in [2.24, 2.45) is 0 Å². The monoisotopic (exact) mass is 836 g/mol. The molecule has 0 aliphatic carbocycles. The Labute approximate surface area is 348 Å². The van der Waals surface area contributed by atoms with E-state index in [-0.39, 0.29) is 28.1 Å². The second kappa shape index (κ2) is 18.6. The number of benzene rings is 5. The van der Waals surface area contributed by atoms with E-state index in [2.05, 4.69) is 71.1 Å². The molecule has 1 aliphatic heterocycles. The molecule has 2 N–H and O–H groups in total. The molecule has 5 aromatic carbocycles. The Morgan fingerprint density at radius 2 is 1.64 bits per heavy atom. The van der Waals surface area contributed by atoms with Crippen molar-refractivity contribution in [1.82, 2.24) is 19.8 Å². The van der Waals surface area contributed by atoms with Gasteiger partial charge in [0.15, 0.2) is 5.82 Å². The summed E-state index contributed by atoms with van der Waals surface area (Å²) in [7, 11) is -0.311. The van der Waals surface area contributed by atoms with Crippen LogP contribution in [0.25, 0.3) is 22.0 Å². The van der Waals surface area contributed by atoms with Crippen LogP contribution in [0.1, 0.15) is 12.0 Å². The predicted octanol–water partition coefficient (Wildman–Crippen LogP) is 8.51. The summed E-state index contributed by atoms with van der Waals surface area (Å²) in [5.41, 5.74) is 5.08. The molecule has 7 rings (SSSR count). The molecule has 1 fully saturated rings. The first-order chi connectivity index (χ1) is 28.0. The molecule has 0 unspecified atom stereocenters. The quantitative estimate of drug-likeness (QED) is 0.0552. The smallest absolute Gasteiger partial charge is 0.293 e. The number of nitro benzene ring substituents is 1. The van der Waals surface area contributed by atoms with E-state index in [1.165, 1.54) is 29.6 Å². The number of thioether (sulfide) groups is 1. The van der Waals surface area contributed by atoms with Gasteiger partial charge in [-0.15, -0.1) is 11.8 Å². The van der Waals surface area contributed by atoms with E-state index in [9.17, 15) is 18.5 Å². The highest BCUT2D eigenvalue weighted by Gasteiger charge is 2.25. The van der Waals surface area contributed by atoms with E-state index in [0.717, 1.165) is 67.9 Å². The molecule has 0 saturated carbocycles. The number of nitrogens with one attached hydrogen (secondary N) is 2. The lowest BCUT2D eigenvalue weighted by Crippen LogP contribution is -2.46. The molecule has 0 amide bonds. The fourth-order valence-electron chi connectivity index (χ4n) is 6.98. The third kappa shape index (κ3) is 10.2. The van der Waals surface area contributed by atoms with Crippen LogP contribution in [0.15, 0.2) is 131 Å². The summed E-state index contributed by atoms with van der Waals surface area (Å²) < 4.78 is 30.0. The number of aromatic nitrogens is 2. The second-order valence-corrected chi connectivity index (χ2v) is 17.7. The molecular weight excluding hydrogens is 792 g/mol. The number of rotatable bonds is 16. The molecule has 1 atom stereocenters. The van der Waals surface area contributed by atoms with Crippen LogP contribution in [0.5, 0.6) is 0 Å². The fraction of sp³-hybridized carbons (Fsp3) is 0.256. The van der Waals surface area contributed by atoms with Gasteiger partial charge in [0, 0.05) is 71.6 Å². The number of piperazine rings is 1. The third-order valence-electron chi connectivity index (χ3n) is 10.1. The topological polar surface area (TPSA) is 137 Å². The number of anilines is 3. The number of hydrogen-bond acceptors (Lipinski definition) is 11. The Bertz CT molecular complexity index is 2470. The summed E-state index contributed by atoms with van der Waals surface area (Å²) in [6.07, 6.45) is 2.04. The Morgan fingerprint density at radius 3 is 2.38 bits per heavy atom. The van der Waals surface area contributed by atoms with Crippen LogP contribution >= 0.6 is 23.4 Å². The maximum atomic E-state index is 13.7. The van der Waals surface area contributed by atoms with E-state index in [0.29, 0.717) is 21.7 Å². The van der Waals surface area contributed by atoms with Gasteiger partial charge >= 0.3 is 0 Å². The van der Waals surface area contributed by atoms with Gasteiger partial charge in [0.05, 0.1) is 15.3 Å². The molecule has 0 radical (unpaired) electrons. The Hall–Kier alpha value is -5.25. The molecule has 6 aromatic rings. The largest absolute Gasteiger partial charge is 0.376 e. The summed E-state index contributed by atoms with van der Waals surface area (Å²) >= 11 is 7.80. The van der Waals surface area contributed by atoms with Gasteiger partial charge in [-0.25, -0.2) is 18.4 Å². The first kappa shape index (κ1) is 40.9. The average Bonchev–Trinajstić information content (AvgIpc) is 3.23. The van der Waals surface area contributed by atoms with E-state index < -0.39 is 14.9 Å². The third-order valence-corrected chi connectivity index (χ3v) is 12.9. The number of fused-ring (bicyclic) bond motifs is 1. The van der Waals surface area contributed by atoms with Crippen LogP contribution in [0.2, 0.25) is 5.02 Å². The Balaban J connectivity index is 1.02. The van der Waals surface area contributed by atoms with Gasteiger partial charge in [-0.05, 0) is 98.3 Å². The molecule has 1 saturated heterocycles. The van der Waals surface area contributed by atoms with Gasteiger partial charge in [0.1, 0.15) is 12.0 Å². The van der Waals surface area contributed by atoms with E-state index in [1.807, 2.05) is 74.8 Å². The Kier molecular flexibility index (Phi) is 13.1. The van der Waals surface area contributed by atoms with Crippen molar-refractivity contribution in [2.75, 3.05) is 67.5 Å². The van der Waals surface area contributed by atoms with Gasteiger partial charge in [0.25, 0.3) is 15.7 Å². The molecule has 2 heterocycles. The zero-order valence-electron chi connectivity index (χ0n) is 32.3. The predicted molar refractivity (Wildman–Crippen MR) is 236 cm³/mol. The molecular formula is C43H45ClN8O4S2. The lowest BCUT2D eigenvalue weighted by atomic mass is 9.99. The van der Waals surface area contributed by atoms with Crippen molar-refractivity contribution in [3.05, 3.63) is 142 Å². The molecule has 300 valence electrons. The molecule has 15 heteroatoms. The van der Waals surface area contributed by atoms with Gasteiger partial charge in [-0.2, -0.15) is 0 Å². The number of nitrogens with zero attached hydrogens (tertiary/aromatic N) is 6. The van der Waals surface area contributed by atoms with Gasteiger partial charge in [0.2, 0.25) is 0 Å². The fourth-order valence-corrected chi connectivity index (χ4v) is 9.15. The number of hydrogen-bond donors (Lipinski definition) is 2. The minimum atomic E-state index is -4.26. The highest BCUT2D eigenvalue weighted by atomic mass is 35.5. The zero-order valence-corrected chi connectivity index (χ0v) is 34.7. The SMILES string of the molecule is CN(C)CC[C@H](CSc1ccccc1)Nc1ccc(S(=O)(=O)Nc2ncnc3cc(N4CCN(Cc5ccccc5-c5ccc(Cl)cc5)CC4)ccc23)cc1[N+](=O)[O-]. The van der Waals surface area contributed by atoms with Crippen molar-refractivity contribution >= 4 is 67.2 Å². The van der Waals surface area contributed by atoms with Crippen LogP contribution in [0, 0.1) is 10.1 Å². The zero-order chi connectivity index (χ0) is 40.6. The summed E-state index contributed by atoms with van der Waals surface area (Å²) in [5, 5.41) is 16.9. The van der Waals surface area contributed by atoms with Crippen molar-refractivity contribution in [3.8, 4) is 11.1 Å². The minimum absolute atomic E-state index is 0.0901. The summed E-state index contributed by atoms with van der Waals surface area (Å²) in [4.78, 5) is 28.1. The minimum Gasteiger partial charge on any atom is -0.376 e. The Morgan fingerprint density at radius 1 is 0.897 bits per heavy atom. The second-order valence-electron chi connectivity index (χ2n) is 14.4. The maximum Gasteiger partial charge on any atom is 0.293 e. The molecule has 0 bridgehead atoms. The summed E-state index contributed by atoms with van der Waals surface area (Å²) in [6.45, 7) is 4.95. The van der Waals surface area contributed by atoms with Crippen molar-refractivity contribution < 1.29 is 13.3 Å². The van der Waals surface area contributed by atoms with Gasteiger partial charge in [-0.3, -0.25) is 19.7 Å². The maximum absolute atomic E-state index is 13.7. The number of sulfonamides is 1. The van der Waals surface area contributed by atoms with Crippen molar-refractivity contribution in [1.29, 1.82) is 0 Å². The van der Waals surface area contributed by atoms with Crippen LogP contribution in [0.4, 0.5) is 22.9 Å². The van der Waals surface area contributed by atoms with E-state index in [1.54, 1.807) is 11.8 Å². The first-order valence-corrected chi connectivity index (χ1v) is 21.8. The van der Waals surface area contributed by atoms with Crippen LogP contribution in [-0.4, -0.2) is 91.7 Å². The molecule has 1 aromatic heterocycles. The van der Waals surface area contributed by atoms with Crippen LogP contribution in [-0.2, 0) is 16.6 Å². The lowest BCUT2D eigenvalue weighted by molar-refractivity contribution is -0.384. The highest BCUT2D eigenvalue weighted by Crippen LogP contribution is 2.33. The van der Waals surface area contributed by atoms with Crippen LogP contribution < -0.4 is 14.9 Å². The van der Waals surface area contributed by atoms with E-state index in [4.69, 9.17) is 11.6 Å². The standard InChI is InChI=1S/C43H45ClN8O4S2/c1-49(2)21-20-34(29-57-36-9-4-3-5-10-36)47-40-19-17-37(27-42(40)52(53)54)58(55,56)48-43-39-18-16-35(26-41(39)45-30-46-43)51-24-22-50(23-25-51)28-32-8-6-7-11-38(32)31-12-14-33(44)15-13-31/h3-19,26-27,30,34,47H,20-25,28-29H2,1-2H3,(H,45,46,48)/t34-/m1/s1. The number of halogens is 1. The summed E-state index contributed by atoms with van der Waals surface area (Å²) in [5.74, 6) is 0.753. The first-order valence-electron chi connectivity index (χ1n) is 19.0. The molecule has 58 heavy (non-hydrogen) atoms.